The van der Waals surface area contributed by atoms with Crippen molar-refractivity contribution in [2.24, 2.45) is 5.73 Å². The van der Waals surface area contributed by atoms with Crippen LogP contribution >= 0.6 is 11.3 Å². The smallest absolute Gasteiger partial charge is 0.365 e. The molecule has 2 amide bonds. The molecule has 0 unspecified atom stereocenters. The van der Waals surface area contributed by atoms with Crippen LogP contribution in [0.25, 0.3) is 32.7 Å². The van der Waals surface area contributed by atoms with Crippen LogP contribution in [0.15, 0.2) is 79.0 Å². The summed E-state index contributed by atoms with van der Waals surface area (Å²) in [5.74, 6) is -1.23. The Morgan fingerprint density at radius 2 is 1.64 bits per heavy atom. The third kappa shape index (κ3) is 5.19. The van der Waals surface area contributed by atoms with Gasteiger partial charge in [-0.05, 0) is 28.5 Å². The van der Waals surface area contributed by atoms with Crippen molar-refractivity contribution >= 4 is 39.1 Å². The van der Waals surface area contributed by atoms with Crippen LogP contribution in [0.2, 0.25) is 0 Å². The van der Waals surface area contributed by atoms with E-state index < -0.39 is 23.7 Å². The maximum absolute atomic E-state index is 13.7. The number of carbonyl (C=O) groups is 2. The highest BCUT2D eigenvalue weighted by atomic mass is 32.1. The Bertz CT molecular complexity index is 1930. The van der Waals surface area contributed by atoms with Crippen LogP contribution in [-0.4, -0.2) is 46.8 Å². The monoisotopic (exact) mass is 589 g/mol. The van der Waals surface area contributed by atoms with Crippen molar-refractivity contribution in [2.75, 3.05) is 5.32 Å². The second kappa shape index (κ2) is 10.5. The maximum atomic E-state index is 13.7. The summed E-state index contributed by atoms with van der Waals surface area (Å²) in [6.07, 6.45) is -3.22. The van der Waals surface area contributed by atoms with Crippen molar-refractivity contribution in [2.45, 2.75) is 12.8 Å². The van der Waals surface area contributed by atoms with Gasteiger partial charge in [0.1, 0.15) is 15.4 Å². The van der Waals surface area contributed by atoms with Gasteiger partial charge in [0.15, 0.2) is 12.4 Å². The minimum Gasteiger partial charge on any atom is -0.365 e. The first-order chi connectivity index (χ1) is 20.2. The number of anilines is 1. The van der Waals surface area contributed by atoms with E-state index in [0.29, 0.717) is 22.7 Å². The summed E-state index contributed by atoms with van der Waals surface area (Å²) in [6, 6.07) is 19.8. The number of benzene rings is 2. The van der Waals surface area contributed by atoms with Gasteiger partial charge in [-0.3, -0.25) is 9.59 Å². The summed E-state index contributed by atoms with van der Waals surface area (Å²) in [4.78, 5) is 30.4. The largest absolute Gasteiger partial charge is 0.433 e. The molecule has 6 rings (SSSR count). The molecule has 0 aliphatic rings. The Labute approximate surface area is 238 Å². The zero-order chi connectivity index (χ0) is 29.4. The average molecular weight is 590 g/mol. The van der Waals surface area contributed by atoms with E-state index in [2.05, 4.69) is 30.8 Å². The maximum Gasteiger partial charge on any atom is 0.433 e. The number of primary amides is 1. The number of pyridine rings is 1. The molecule has 0 aliphatic heterocycles. The SMILES string of the molecule is NC(=O)c1sc2nc(C(F)(F)F)cc(-c3ccccc3)c2c1NC(=O)c1ccn(Cn2nnc(-c3ccccc3)n2)n1. The summed E-state index contributed by atoms with van der Waals surface area (Å²) in [5.41, 5.74) is 5.69. The summed E-state index contributed by atoms with van der Waals surface area (Å²) >= 11 is 0.663. The van der Waals surface area contributed by atoms with E-state index in [0.717, 1.165) is 11.6 Å². The topological polar surface area (TPSA) is 146 Å². The van der Waals surface area contributed by atoms with E-state index >= 15 is 0 Å². The number of fused-ring (bicyclic) bond motifs is 1. The zero-order valence-corrected chi connectivity index (χ0v) is 22.1. The van der Waals surface area contributed by atoms with Gasteiger partial charge in [-0.2, -0.15) is 18.3 Å². The minimum atomic E-state index is -4.74. The average Bonchev–Trinajstić information content (AvgIpc) is 3.73. The van der Waals surface area contributed by atoms with Crippen molar-refractivity contribution in [3.8, 4) is 22.5 Å². The van der Waals surface area contributed by atoms with Crippen LogP contribution in [0.4, 0.5) is 18.9 Å². The van der Waals surface area contributed by atoms with E-state index in [1.807, 2.05) is 30.3 Å². The molecule has 0 saturated heterocycles. The molecule has 4 heterocycles. The number of nitrogens with one attached hydrogen (secondary N) is 1. The van der Waals surface area contributed by atoms with Gasteiger partial charge < -0.3 is 11.1 Å². The molecule has 4 aromatic heterocycles. The van der Waals surface area contributed by atoms with Crippen LogP contribution in [0.5, 0.6) is 0 Å². The normalized spacial score (nSPS) is 11.6. The van der Waals surface area contributed by atoms with Gasteiger partial charge in [-0.15, -0.1) is 26.3 Å². The molecule has 6 aromatic rings. The first kappa shape index (κ1) is 26.8. The number of hydrogen-bond acceptors (Lipinski definition) is 8. The summed E-state index contributed by atoms with van der Waals surface area (Å²) in [6.45, 7) is 0.0450. The van der Waals surface area contributed by atoms with Crippen LogP contribution in [0.3, 0.4) is 0 Å². The predicted molar refractivity (Wildman–Crippen MR) is 147 cm³/mol. The summed E-state index contributed by atoms with van der Waals surface area (Å²) in [5, 5.41) is 19.4. The molecule has 0 bridgehead atoms. The molecule has 11 nitrogen and oxygen atoms in total. The lowest BCUT2D eigenvalue weighted by Gasteiger charge is -2.12. The van der Waals surface area contributed by atoms with Crippen LogP contribution in [0, 0.1) is 0 Å². The van der Waals surface area contributed by atoms with Crippen molar-refractivity contribution < 1.29 is 22.8 Å². The Balaban J connectivity index is 1.33. The van der Waals surface area contributed by atoms with Gasteiger partial charge in [0, 0.05) is 17.1 Å². The molecule has 0 aliphatic carbocycles. The number of nitrogens with zero attached hydrogens (tertiary/aromatic N) is 7. The zero-order valence-electron chi connectivity index (χ0n) is 21.3. The number of hydrogen-bond donors (Lipinski definition) is 2. The molecule has 0 radical (unpaired) electrons. The lowest BCUT2D eigenvalue weighted by molar-refractivity contribution is -0.140. The van der Waals surface area contributed by atoms with E-state index in [4.69, 9.17) is 5.73 Å². The van der Waals surface area contributed by atoms with Gasteiger partial charge in [0.25, 0.3) is 11.8 Å². The Morgan fingerprint density at radius 1 is 0.952 bits per heavy atom. The third-order valence-corrected chi connectivity index (χ3v) is 7.23. The van der Waals surface area contributed by atoms with E-state index in [1.54, 1.807) is 30.3 Å². The molecular weight excluding hydrogens is 571 g/mol. The van der Waals surface area contributed by atoms with Crippen LogP contribution < -0.4 is 11.1 Å². The van der Waals surface area contributed by atoms with Gasteiger partial charge in [0.05, 0.1) is 5.69 Å². The highest BCUT2D eigenvalue weighted by molar-refractivity contribution is 7.21. The molecule has 15 heteroatoms. The summed E-state index contributed by atoms with van der Waals surface area (Å²) in [7, 11) is 0. The number of nitrogens with two attached hydrogens (primary N) is 1. The molecule has 42 heavy (non-hydrogen) atoms. The fraction of sp³-hybridized carbons (Fsp3) is 0.0741. The number of aromatic nitrogens is 7. The molecular formula is C27H18F3N9O2S. The molecule has 3 N–H and O–H groups in total. The minimum absolute atomic E-state index is 0.0331. The molecule has 0 saturated carbocycles. The van der Waals surface area contributed by atoms with Crippen molar-refractivity contribution in [3.05, 3.63) is 95.3 Å². The first-order valence-electron chi connectivity index (χ1n) is 12.3. The second-order valence-corrected chi connectivity index (χ2v) is 9.96. The second-order valence-electron chi connectivity index (χ2n) is 8.96. The number of alkyl halides is 3. The van der Waals surface area contributed by atoms with Crippen molar-refractivity contribution in [1.29, 1.82) is 0 Å². The third-order valence-electron chi connectivity index (χ3n) is 6.13. The van der Waals surface area contributed by atoms with Gasteiger partial charge >= 0.3 is 6.18 Å². The van der Waals surface area contributed by atoms with Crippen molar-refractivity contribution in [3.63, 3.8) is 0 Å². The number of thiophene rings is 1. The molecule has 0 atom stereocenters. The molecule has 210 valence electrons. The highest BCUT2D eigenvalue weighted by Gasteiger charge is 2.35. The van der Waals surface area contributed by atoms with Crippen LogP contribution in [-0.2, 0) is 12.8 Å². The quantitative estimate of drug-likeness (QED) is 0.275. The van der Waals surface area contributed by atoms with Crippen LogP contribution in [0.1, 0.15) is 25.9 Å². The molecule has 0 spiro atoms. The lowest BCUT2D eigenvalue weighted by Crippen LogP contribution is -2.18. The molecule has 0 fully saturated rings. The number of halogens is 3. The fourth-order valence-corrected chi connectivity index (χ4v) is 5.26. The van der Waals surface area contributed by atoms with Gasteiger partial charge in [-0.1, -0.05) is 60.7 Å². The Hall–Kier alpha value is -5.44. The van der Waals surface area contributed by atoms with E-state index in [9.17, 15) is 22.8 Å². The predicted octanol–water partition coefficient (Wildman–Crippen LogP) is 4.69. The molecule has 2 aromatic carbocycles. The summed E-state index contributed by atoms with van der Waals surface area (Å²) < 4.78 is 42.5. The number of tetrazole rings is 1. The number of rotatable bonds is 7. The van der Waals surface area contributed by atoms with Gasteiger partial charge in [-0.25, -0.2) is 9.67 Å². The fourth-order valence-electron chi connectivity index (χ4n) is 4.26. The first-order valence-corrected chi connectivity index (χ1v) is 13.1. The van der Waals surface area contributed by atoms with Crippen molar-refractivity contribution in [1.82, 2.24) is 35.0 Å². The van der Waals surface area contributed by atoms with Gasteiger partial charge in [0.2, 0.25) is 5.82 Å². The number of amides is 2. The standard InChI is InChI=1S/C27H18F3N9O2S/c28-27(29,30)19-13-17(15-7-3-1-4-8-15)20-21(22(23(31)40)42-26(20)32-19)33-25(41)18-11-12-38(35-18)14-39-36-24(34-37-39)16-9-5-2-6-10-16/h1-13H,14H2,(H2,31,40)(H,33,41). The van der Waals surface area contributed by atoms with E-state index in [-0.39, 0.29) is 38.7 Å². The highest BCUT2D eigenvalue weighted by Crippen LogP contribution is 2.43. The van der Waals surface area contributed by atoms with E-state index in [1.165, 1.54) is 21.7 Å². The lowest BCUT2D eigenvalue weighted by atomic mass is 10.0. The Kier molecular flexibility index (Phi) is 6.70. The number of carbonyl (C=O) groups excluding carboxylic acids is 2. The Morgan fingerprint density at radius 3 is 2.31 bits per heavy atom.